The second kappa shape index (κ2) is 10.2. The molecule has 2 saturated carbocycles. The summed E-state index contributed by atoms with van der Waals surface area (Å²) < 4.78 is 10.6. The lowest BCUT2D eigenvalue weighted by Crippen LogP contribution is -2.33. The summed E-state index contributed by atoms with van der Waals surface area (Å²) in [6.45, 7) is 2.23. The number of benzene rings is 2. The number of carbonyl (C=O) groups is 2. The third-order valence-electron chi connectivity index (χ3n) is 6.28. The van der Waals surface area contributed by atoms with Crippen molar-refractivity contribution >= 4 is 40.8 Å². The summed E-state index contributed by atoms with van der Waals surface area (Å²) in [4.78, 5) is 23.3. The van der Waals surface area contributed by atoms with Crippen LogP contribution in [0.4, 0.5) is 5.69 Å². The molecule has 1 amide bonds. The molecule has 2 aliphatic rings. The van der Waals surface area contributed by atoms with Crippen LogP contribution in [0.3, 0.4) is 0 Å². The van der Waals surface area contributed by atoms with Crippen LogP contribution in [0.25, 0.3) is 0 Å². The van der Waals surface area contributed by atoms with E-state index in [9.17, 15) is 14.7 Å². The number of amides is 1. The molecule has 0 spiro atoms. The molecule has 2 bridgehead atoms. The van der Waals surface area contributed by atoms with Crippen LogP contribution in [-0.2, 0) is 20.9 Å². The summed E-state index contributed by atoms with van der Waals surface area (Å²) in [6, 6.07) is 8.30. The van der Waals surface area contributed by atoms with E-state index in [0.29, 0.717) is 18.3 Å². The lowest BCUT2D eigenvalue weighted by molar-refractivity contribution is -0.152. The molecule has 4 rings (SSSR count). The molecule has 0 radical (unpaired) electrons. The van der Waals surface area contributed by atoms with Gasteiger partial charge in [0.15, 0.2) is 5.75 Å². The molecule has 0 heterocycles. The van der Waals surface area contributed by atoms with Gasteiger partial charge < -0.3 is 25.2 Å². The smallest absolute Gasteiger partial charge is 0.397 e. The largest absolute Gasteiger partial charge is 0.508 e. The maximum Gasteiger partial charge on any atom is 0.397 e. The SMILES string of the molecule is CCOC(=O)C(=O)Nc1cc(Cl)c(Oc2ccc(O)c(CNC3CC4CCC3C4)c2)c(Cl)c1. The highest BCUT2D eigenvalue weighted by molar-refractivity contribution is 6.39. The van der Waals surface area contributed by atoms with Gasteiger partial charge in [0, 0.05) is 23.8 Å². The summed E-state index contributed by atoms with van der Waals surface area (Å²) in [6.07, 6.45) is 5.13. The van der Waals surface area contributed by atoms with E-state index < -0.39 is 11.9 Å². The highest BCUT2D eigenvalue weighted by atomic mass is 35.5. The second-order valence-corrected chi connectivity index (χ2v) is 9.31. The van der Waals surface area contributed by atoms with Crippen molar-refractivity contribution in [1.82, 2.24) is 5.32 Å². The summed E-state index contributed by atoms with van der Waals surface area (Å²) in [5, 5.41) is 16.6. The number of fused-ring (bicyclic) bond motifs is 2. The molecule has 2 aromatic carbocycles. The summed E-state index contributed by atoms with van der Waals surface area (Å²) in [5.74, 6) is 0.494. The monoisotopic (exact) mass is 492 g/mol. The summed E-state index contributed by atoms with van der Waals surface area (Å²) >= 11 is 12.6. The van der Waals surface area contributed by atoms with Crippen LogP contribution in [0.2, 0.25) is 10.0 Å². The Labute approximate surface area is 202 Å². The van der Waals surface area contributed by atoms with Crippen molar-refractivity contribution in [2.24, 2.45) is 11.8 Å². The quantitative estimate of drug-likeness (QED) is 0.359. The van der Waals surface area contributed by atoms with E-state index in [1.165, 1.54) is 37.8 Å². The van der Waals surface area contributed by atoms with Gasteiger partial charge in [-0.1, -0.05) is 29.6 Å². The van der Waals surface area contributed by atoms with Crippen LogP contribution in [-0.4, -0.2) is 29.6 Å². The number of nitrogens with one attached hydrogen (secondary N) is 2. The number of esters is 1. The predicted molar refractivity (Wildman–Crippen MR) is 126 cm³/mol. The first-order chi connectivity index (χ1) is 15.8. The number of hydrogen-bond acceptors (Lipinski definition) is 6. The molecule has 2 aromatic rings. The standard InChI is InChI=1S/C24H26Cl2N2O5/c1-2-32-24(31)23(30)28-16-10-18(25)22(19(26)11-16)33-17-5-6-21(29)15(9-17)12-27-20-8-13-3-4-14(20)7-13/h5-6,9-11,13-14,20,27,29H,2-4,7-8,12H2,1H3,(H,28,30). The van der Waals surface area contributed by atoms with Gasteiger partial charge in [0.05, 0.1) is 16.7 Å². The van der Waals surface area contributed by atoms with E-state index in [1.807, 2.05) is 0 Å². The first-order valence-electron chi connectivity index (χ1n) is 11.0. The second-order valence-electron chi connectivity index (χ2n) is 8.50. The van der Waals surface area contributed by atoms with E-state index >= 15 is 0 Å². The fourth-order valence-corrected chi connectivity index (χ4v) is 5.29. The molecule has 0 saturated heterocycles. The minimum absolute atomic E-state index is 0.0897. The number of phenols is 1. The normalized spacial score (nSPS) is 21.1. The van der Waals surface area contributed by atoms with Crippen molar-refractivity contribution in [3.63, 3.8) is 0 Å². The van der Waals surface area contributed by atoms with Gasteiger partial charge in [-0.05, 0) is 68.4 Å². The van der Waals surface area contributed by atoms with Gasteiger partial charge in [0.2, 0.25) is 0 Å². The number of anilines is 1. The Morgan fingerprint density at radius 1 is 1.12 bits per heavy atom. The van der Waals surface area contributed by atoms with Crippen LogP contribution in [0.15, 0.2) is 30.3 Å². The highest BCUT2D eigenvalue weighted by Gasteiger charge is 2.39. The Bertz CT molecular complexity index is 1040. The van der Waals surface area contributed by atoms with Crippen molar-refractivity contribution < 1.29 is 24.2 Å². The van der Waals surface area contributed by atoms with Gasteiger partial charge in [-0.15, -0.1) is 0 Å². The molecule has 3 atom stereocenters. The van der Waals surface area contributed by atoms with Crippen LogP contribution in [0, 0.1) is 11.8 Å². The van der Waals surface area contributed by atoms with Crippen molar-refractivity contribution in [1.29, 1.82) is 0 Å². The third kappa shape index (κ3) is 5.54. The van der Waals surface area contributed by atoms with Gasteiger partial charge >= 0.3 is 11.9 Å². The zero-order valence-corrected chi connectivity index (χ0v) is 19.7. The highest BCUT2D eigenvalue weighted by Crippen LogP contribution is 2.45. The maximum atomic E-state index is 11.8. The molecule has 3 unspecified atom stereocenters. The fourth-order valence-electron chi connectivity index (χ4n) is 4.73. The molecule has 0 aromatic heterocycles. The Hall–Kier alpha value is -2.48. The number of halogens is 2. The van der Waals surface area contributed by atoms with Crippen LogP contribution < -0.4 is 15.4 Å². The minimum atomic E-state index is -0.999. The van der Waals surface area contributed by atoms with E-state index in [-0.39, 0.29) is 33.8 Å². The van der Waals surface area contributed by atoms with Crippen molar-refractivity contribution in [2.45, 2.75) is 45.2 Å². The van der Waals surface area contributed by atoms with Crippen LogP contribution in [0.1, 0.15) is 38.2 Å². The molecule has 2 fully saturated rings. The molecule has 7 nitrogen and oxygen atoms in total. The molecule has 2 aliphatic carbocycles. The number of ether oxygens (including phenoxy) is 2. The predicted octanol–water partition coefficient (Wildman–Crippen LogP) is 5.27. The first-order valence-corrected chi connectivity index (χ1v) is 11.8. The van der Waals surface area contributed by atoms with Crippen molar-refractivity contribution in [2.75, 3.05) is 11.9 Å². The summed E-state index contributed by atoms with van der Waals surface area (Å²) in [7, 11) is 0. The fraction of sp³-hybridized carbons (Fsp3) is 0.417. The van der Waals surface area contributed by atoms with Crippen molar-refractivity contribution in [3.8, 4) is 17.2 Å². The average molecular weight is 493 g/mol. The molecule has 176 valence electrons. The van der Waals surface area contributed by atoms with Gasteiger partial charge in [0.25, 0.3) is 0 Å². The minimum Gasteiger partial charge on any atom is -0.508 e. The number of hydrogen-bond donors (Lipinski definition) is 3. The van der Waals surface area contributed by atoms with E-state index in [1.54, 1.807) is 25.1 Å². The number of carbonyl (C=O) groups excluding carboxylic acids is 2. The van der Waals surface area contributed by atoms with E-state index in [0.717, 1.165) is 17.4 Å². The molecule has 3 N–H and O–H groups in total. The van der Waals surface area contributed by atoms with Gasteiger partial charge in [-0.2, -0.15) is 0 Å². The zero-order chi connectivity index (χ0) is 23.5. The van der Waals surface area contributed by atoms with E-state index in [2.05, 4.69) is 15.4 Å². The number of phenolic OH excluding ortho intramolecular Hbond substituents is 1. The Morgan fingerprint density at radius 2 is 1.88 bits per heavy atom. The number of aromatic hydroxyl groups is 1. The van der Waals surface area contributed by atoms with E-state index in [4.69, 9.17) is 27.9 Å². The van der Waals surface area contributed by atoms with Crippen molar-refractivity contribution in [3.05, 3.63) is 45.9 Å². The van der Waals surface area contributed by atoms with Gasteiger partial charge in [-0.25, -0.2) is 4.79 Å². The molecule has 9 heteroatoms. The topological polar surface area (TPSA) is 96.9 Å². The first kappa shape index (κ1) is 23.7. The van der Waals surface area contributed by atoms with Crippen LogP contribution >= 0.6 is 23.2 Å². The van der Waals surface area contributed by atoms with Crippen LogP contribution in [0.5, 0.6) is 17.2 Å². The maximum absolute atomic E-state index is 11.8. The molecule has 33 heavy (non-hydrogen) atoms. The lowest BCUT2D eigenvalue weighted by atomic mass is 9.95. The lowest BCUT2D eigenvalue weighted by Gasteiger charge is -2.23. The Morgan fingerprint density at radius 3 is 2.52 bits per heavy atom. The molecule has 0 aliphatic heterocycles. The van der Waals surface area contributed by atoms with Gasteiger partial charge in [-0.3, -0.25) is 4.79 Å². The van der Waals surface area contributed by atoms with Gasteiger partial charge in [0.1, 0.15) is 11.5 Å². The Kier molecular flexibility index (Phi) is 7.32. The Balaban J connectivity index is 1.43. The average Bonchev–Trinajstić information content (AvgIpc) is 3.40. The number of rotatable bonds is 7. The third-order valence-corrected chi connectivity index (χ3v) is 6.84. The summed E-state index contributed by atoms with van der Waals surface area (Å²) in [5.41, 5.74) is 0.956. The molecular formula is C24H26Cl2N2O5. The zero-order valence-electron chi connectivity index (χ0n) is 18.2. The molecular weight excluding hydrogens is 467 g/mol.